The molecule has 3 aromatic rings. The minimum absolute atomic E-state index is 0.0797. The van der Waals surface area contributed by atoms with Crippen LogP contribution in [0.4, 0.5) is 0 Å². The van der Waals surface area contributed by atoms with Gasteiger partial charge in [-0.15, -0.1) is 0 Å². The molecule has 0 bridgehead atoms. The molecular formula is C18H16N4O3. The number of rotatable bonds is 5. The fraction of sp³-hybridized carbons (Fsp3) is 0.111. The first kappa shape index (κ1) is 16.4. The summed E-state index contributed by atoms with van der Waals surface area (Å²) in [4.78, 5) is 34.8. The van der Waals surface area contributed by atoms with E-state index in [9.17, 15) is 14.7 Å². The monoisotopic (exact) mass is 336 g/mol. The third kappa shape index (κ3) is 4.08. The quantitative estimate of drug-likeness (QED) is 0.653. The minimum Gasteiger partial charge on any atom is -0.506 e. The molecule has 25 heavy (non-hydrogen) atoms. The highest BCUT2D eigenvalue weighted by atomic mass is 16.3. The number of hydrogen-bond acceptors (Lipinski definition) is 5. The van der Waals surface area contributed by atoms with Gasteiger partial charge < -0.3 is 15.4 Å². The SMILES string of the molecule is O=C(Cc1cnc(-c2ncccc2O)[nH]c1=O)NCc1ccccc1. The molecule has 0 atom stereocenters. The first-order valence-corrected chi connectivity index (χ1v) is 7.66. The van der Waals surface area contributed by atoms with Gasteiger partial charge in [-0.2, -0.15) is 0 Å². The second-order valence-corrected chi connectivity index (χ2v) is 5.40. The predicted molar refractivity (Wildman–Crippen MR) is 91.7 cm³/mol. The molecule has 0 saturated heterocycles. The van der Waals surface area contributed by atoms with Crippen molar-refractivity contribution in [1.82, 2.24) is 20.3 Å². The van der Waals surface area contributed by atoms with E-state index in [1.165, 1.54) is 18.5 Å². The molecule has 0 radical (unpaired) electrons. The third-order valence-corrected chi connectivity index (χ3v) is 3.57. The van der Waals surface area contributed by atoms with Crippen LogP contribution in [0.5, 0.6) is 5.75 Å². The fourth-order valence-corrected chi connectivity index (χ4v) is 2.28. The molecule has 0 aliphatic heterocycles. The molecular weight excluding hydrogens is 320 g/mol. The lowest BCUT2D eigenvalue weighted by Crippen LogP contribution is -2.27. The number of benzene rings is 1. The Hall–Kier alpha value is -3.48. The number of aromatic hydroxyl groups is 1. The summed E-state index contributed by atoms with van der Waals surface area (Å²) >= 11 is 0. The summed E-state index contributed by atoms with van der Waals surface area (Å²) in [5, 5.41) is 12.5. The molecule has 1 aromatic carbocycles. The Morgan fingerprint density at radius 2 is 1.92 bits per heavy atom. The van der Waals surface area contributed by atoms with Crippen molar-refractivity contribution in [3.63, 3.8) is 0 Å². The molecule has 3 N–H and O–H groups in total. The van der Waals surface area contributed by atoms with Crippen LogP contribution >= 0.6 is 0 Å². The molecule has 0 unspecified atom stereocenters. The summed E-state index contributed by atoms with van der Waals surface area (Å²) in [7, 11) is 0. The number of nitrogens with one attached hydrogen (secondary N) is 2. The van der Waals surface area contributed by atoms with Crippen molar-refractivity contribution < 1.29 is 9.90 Å². The number of amides is 1. The summed E-state index contributed by atoms with van der Waals surface area (Å²) in [6, 6.07) is 12.5. The van der Waals surface area contributed by atoms with E-state index in [1.54, 1.807) is 6.07 Å². The maximum Gasteiger partial charge on any atom is 0.254 e. The topological polar surface area (TPSA) is 108 Å². The molecule has 126 valence electrons. The lowest BCUT2D eigenvalue weighted by molar-refractivity contribution is -0.120. The Morgan fingerprint density at radius 1 is 1.12 bits per heavy atom. The fourth-order valence-electron chi connectivity index (χ4n) is 2.28. The summed E-state index contributed by atoms with van der Waals surface area (Å²) in [5.41, 5.74) is 0.957. The molecule has 0 spiro atoms. The third-order valence-electron chi connectivity index (χ3n) is 3.57. The van der Waals surface area contributed by atoms with E-state index < -0.39 is 5.56 Å². The molecule has 7 nitrogen and oxygen atoms in total. The standard InChI is InChI=1S/C18H16N4O3/c23-14-7-4-8-19-16(14)17-21-11-13(18(25)22-17)9-15(24)20-10-12-5-2-1-3-6-12/h1-8,11,23H,9-10H2,(H,20,24)(H,21,22,25). The van der Waals surface area contributed by atoms with Crippen molar-refractivity contribution in [3.8, 4) is 17.3 Å². The Kier molecular flexibility index (Phi) is 4.84. The van der Waals surface area contributed by atoms with Gasteiger partial charge >= 0.3 is 0 Å². The Balaban J connectivity index is 1.68. The zero-order valence-electron chi connectivity index (χ0n) is 13.3. The minimum atomic E-state index is -0.440. The average Bonchev–Trinajstić information content (AvgIpc) is 2.63. The van der Waals surface area contributed by atoms with Gasteiger partial charge in [-0.05, 0) is 17.7 Å². The maximum absolute atomic E-state index is 12.1. The van der Waals surface area contributed by atoms with Gasteiger partial charge in [-0.3, -0.25) is 9.59 Å². The van der Waals surface area contributed by atoms with Crippen LogP contribution in [0.15, 0.2) is 59.7 Å². The first-order valence-electron chi connectivity index (χ1n) is 7.66. The van der Waals surface area contributed by atoms with Crippen molar-refractivity contribution in [3.05, 3.63) is 76.3 Å². The van der Waals surface area contributed by atoms with E-state index in [2.05, 4.69) is 20.3 Å². The van der Waals surface area contributed by atoms with E-state index in [4.69, 9.17) is 0 Å². The van der Waals surface area contributed by atoms with Gasteiger partial charge in [0.15, 0.2) is 5.82 Å². The van der Waals surface area contributed by atoms with Gasteiger partial charge in [-0.25, -0.2) is 9.97 Å². The molecule has 1 amide bonds. The lowest BCUT2D eigenvalue weighted by atomic mass is 10.2. The number of aromatic nitrogens is 3. The van der Waals surface area contributed by atoms with E-state index in [1.807, 2.05) is 30.3 Å². The Bertz CT molecular complexity index is 938. The molecule has 3 rings (SSSR count). The van der Waals surface area contributed by atoms with Crippen LogP contribution in [0.2, 0.25) is 0 Å². The van der Waals surface area contributed by atoms with Crippen LogP contribution in [0.3, 0.4) is 0 Å². The number of aromatic amines is 1. The van der Waals surface area contributed by atoms with Gasteiger partial charge in [-0.1, -0.05) is 30.3 Å². The highest BCUT2D eigenvalue weighted by Crippen LogP contribution is 2.21. The number of hydrogen-bond donors (Lipinski definition) is 3. The van der Waals surface area contributed by atoms with Crippen molar-refractivity contribution in [2.24, 2.45) is 0 Å². The Labute approximate surface area is 143 Å². The summed E-state index contributed by atoms with van der Waals surface area (Å²) in [5.74, 6) is -0.208. The summed E-state index contributed by atoms with van der Waals surface area (Å²) in [6.45, 7) is 0.394. The van der Waals surface area contributed by atoms with Crippen molar-refractivity contribution in [2.45, 2.75) is 13.0 Å². The Morgan fingerprint density at radius 3 is 2.64 bits per heavy atom. The molecule has 0 saturated carbocycles. The summed E-state index contributed by atoms with van der Waals surface area (Å²) < 4.78 is 0. The van der Waals surface area contributed by atoms with Gasteiger partial charge in [0.25, 0.3) is 5.56 Å². The van der Waals surface area contributed by atoms with E-state index in [-0.39, 0.29) is 35.2 Å². The largest absolute Gasteiger partial charge is 0.506 e. The van der Waals surface area contributed by atoms with Crippen LogP contribution in [0.1, 0.15) is 11.1 Å². The first-order chi connectivity index (χ1) is 12.1. The number of carbonyl (C=O) groups excluding carboxylic acids is 1. The van der Waals surface area contributed by atoms with Gasteiger partial charge in [0.05, 0.1) is 6.42 Å². The molecule has 2 aromatic heterocycles. The zero-order valence-corrected chi connectivity index (χ0v) is 13.3. The smallest absolute Gasteiger partial charge is 0.254 e. The molecule has 0 fully saturated rings. The van der Waals surface area contributed by atoms with Gasteiger partial charge in [0.1, 0.15) is 11.4 Å². The normalized spacial score (nSPS) is 10.4. The highest BCUT2D eigenvalue weighted by Gasteiger charge is 2.12. The summed E-state index contributed by atoms with van der Waals surface area (Å²) in [6.07, 6.45) is 2.73. The average molecular weight is 336 g/mol. The molecule has 2 heterocycles. The van der Waals surface area contributed by atoms with Crippen LogP contribution in [0, 0.1) is 0 Å². The predicted octanol–water partition coefficient (Wildman–Crippen LogP) is 1.40. The lowest BCUT2D eigenvalue weighted by Gasteiger charge is -2.06. The van der Waals surface area contributed by atoms with Crippen LogP contribution < -0.4 is 10.9 Å². The van der Waals surface area contributed by atoms with Gasteiger partial charge in [0.2, 0.25) is 5.91 Å². The van der Waals surface area contributed by atoms with Gasteiger partial charge in [0, 0.05) is 24.5 Å². The van der Waals surface area contributed by atoms with Crippen molar-refractivity contribution in [2.75, 3.05) is 0 Å². The zero-order chi connectivity index (χ0) is 17.6. The van der Waals surface area contributed by atoms with E-state index in [0.29, 0.717) is 6.54 Å². The van der Waals surface area contributed by atoms with Crippen LogP contribution in [0.25, 0.3) is 11.5 Å². The number of nitrogens with zero attached hydrogens (tertiary/aromatic N) is 2. The highest BCUT2D eigenvalue weighted by molar-refractivity contribution is 5.78. The maximum atomic E-state index is 12.1. The van der Waals surface area contributed by atoms with Crippen LogP contribution in [-0.4, -0.2) is 26.0 Å². The van der Waals surface area contributed by atoms with E-state index in [0.717, 1.165) is 5.56 Å². The van der Waals surface area contributed by atoms with Crippen LogP contribution in [-0.2, 0) is 17.8 Å². The second-order valence-electron chi connectivity index (χ2n) is 5.40. The molecule has 0 aliphatic carbocycles. The molecule has 7 heteroatoms. The van der Waals surface area contributed by atoms with Crippen molar-refractivity contribution >= 4 is 5.91 Å². The number of pyridine rings is 1. The number of carbonyl (C=O) groups is 1. The van der Waals surface area contributed by atoms with Crippen molar-refractivity contribution in [1.29, 1.82) is 0 Å². The second kappa shape index (κ2) is 7.39. The number of H-pyrrole nitrogens is 1. The molecule has 0 aliphatic rings. The van der Waals surface area contributed by atoms with E-state index >= 15 is 0 Å².